The van der Waals surface area contributed by atoms with Crippen LogP contribution in [-0.4, -0.2) is 57.2 Å². The minimum atomic E-state index is -0.879. The molecule has 9 nitrogen and oxygen atoms in total. The highest BCUT2D eigenvalue weighted by Crippen LogP contribution is 2.26. The van der Waals surface area contributed by atoms with E-state index in [0.29, 0.717) is 25.3 Å². The quantitative estimate of drug-likeness (QED) is 0.416. The van der Waals surface area contributed by atoms with Crippen LogP contribution >= 0.6 is 0 Å². The van der Waals surface area contributed by atoms with Crippen LogP contribution in [0.3, 0.4) is 0 Å². The highest BCUT2D eigenvalue weighted by molar-refractivity contribution is 5.81. The van der Waals surface area contributed by atoms with Crippen LogP contribution in [0.5, 0.6) is 0 Å². The first kappa shape index (κ1) is 26.1. The molecule has 36 heavy (non-hydrogen) atoms. The van der Waals surface area contributed by atoms with Crippen LogP contribution in [0.1, 0.15) is 43.7 Å². The number of pyridine rings is 1. The van der Waals surface area contributed by atoms with E-state index in [1.54, 1.807) is 38.8 Å². The van der Waals surface area contributed by atoms with Gasteiger partial charge in [-0.3, -0.25) is 14.9 Å². The van der Waals surface area contributed by atoms with Crippen molar-refractivity contribution < 1.29 is 19.4 Å². The highest BCUT2D eigenvalue weighted by atomic mass is 16.5. The van der Waals surface area contributed by atoms with Gasteiger partial charge >= 0.3 is 5.97 Å². The molecule has 0 saturated heterocycles. The third-order valence-electron chi connectivity index (χ3n) is 6.80. The molecule has 1 aliphatic rings. The van der Waals surface area contributed by atoms with E-state index < -0.39 is 18.1 Å². The number of carbonyl (C=O) groups excluding carboxylic acids is 1. The number of benzene rings is 1. The van der Waals surface area contributed by atoms with Gasteiger partial charge in [0.25, 0.3) is 5.56 Å². The number of carbonyl (C=O) groups is 1. The summed E-state index contributed by atoms with van der Waals surface area (Å²) >= 11 is 0. The standard InChI is InChI=1S/C27H36N4O5/c1-17-13-20(16-30(3)26(17)33)25-29-22-14-19(9-10-23(22)31(25)11-12-35-4)15-28-24(18(2)32)27(34)36-21-7-5-6-8-21/h9-10,13-14,16,18,21,24,28,32H,5-8,11-12,15H2,1-4H3/t18-,24+/m1/s1. The van der Waals surface area contributed by atoms with Gasteiger partial charge in [-0.25, -0.2) is 4.98 Å². The lowest BCUT2D eigenvalue weighted by Gasteiger charge is -2.22. The van der Waals surface area contributed by atoms with Crippen LogP contribution in [0.15, 0.2) is 35.3 Å². The number of imidazole rings is 1. The zero-order valence-corrected chi connectivity index (χ0v) is 21.5. The second-order valence-corrected chi connectivity index (χ2v) is 9.67. The van der Waals surface area contributed by atoms with Crippen LogP contribution < -0.4 is 10.9 Å². The van der Waals surface area contributed by atoms with Gasteiger partial charge in [-0.2, -0.15) is 0 Å². The topological polar surface area (TPSA) is 108 Å². The van der Waals surface area contributed by atoms with Crippen molar-refractivity contribution in [3.8, 4) is 11.4 Å². The summed E-state index contributed by atoms with van der Waals surface area (Å²) in [5.74, 6) is 0.349. The van der Waals surface area contributed by atoms with Gasteiger partial charge in [-0.15, -0.1) is 0 Å². The maximum absolute atomic E-state index is 12.7. The number of nitrogens with zero attached hydrogens (tertiary/aromatic N) is 3. The Morgan fingerprint density at radius 2 is 2.03 bits per heavy atom. The maximum Gasteiger partial charge on any atom is 0.326 e. The molecule has 2 aromatic heterocycles. The summed E-state index contributed by atoms with van der Waals surface area (Å²) in [5.41, 5.74) is 4.15. The number of aromatic nitrogens is 3. The molecule has 0 spiro atoms. The number of esters is 1. The molecule has 194 valence electrons. The third kappa shape index (κ3) is 5.69. The van der Waals surface area contributed by atoms with Crippen LogP contribution in [0.2, 0.25) is 0 Å². The predicted molar refractivity (Wildman–Crippen MR) is 138 cm³/mol. The van der Waals surface area contributed by atoms with Crippen molar-refractivity contribution in [2.75, 3.05) is 13.7 Å². The Balaban J connectivity index is 1.59. The first-order chi connectivity index (χ1) is 17.3. The molecule has 2 N–H and O–H groups in total. The molecule has 0 radical (unpaired) electrons. The molecule has 1 aliphatic carbocycles. The fraction of sp³-hybridized carbons (Fsp3) is 0.519. The van der Waals surface area contributed by atoms with Crippen molar-refractivity contribution in [2.45, 2.75) is 70.9 Å². The summed E-state index contributed by atoms with van der Waals surface area (Å²) in [6, 6.07) is 7.02. The molecule has 1 saturated carbocycles. The Labute approximate surface area is 211 Å². The molecule has 2 heterocycles. The largest absolute Gasteiger partial charge is 0.461 e. The van der Waals surface area contributed by atoms with Crippen LogP contribution in [0.25, 0.3) is 22.4 Å². The lowest BCUT2D eigenvalue weighted by molar-refractivity contribution is -0.154. The normalized spacial score (nSPS) is 15.9. The Bertz CT molecular complexity index is 1250. The number of hydrogen-bond acceptors (Lipinski definition) is 7. The number of nitrogens with one attached hydrogen (secondary N) is 1. The molecule has 1 fully saturated rings. The molecule has 0 bridgehead atoms. The minimum Gasteiger partial charge on any atom is -0.461 e. The molecular weight excluding hydrogens is 460 g/mol. The Morgan fingerprint density at radius 3 is 2.69 bits per heavy atom. The van der Waals surface area contributed by atoms with Crippen molar-refractivity contribution in [2.24, 2.45) is 7.05 Å². The van der Waals surface area contributed by atoms with E-state index in [9.17, 15) is 14.7 Å². The van der Waals surface area contributed by atoms with Gasteiger partial charge in [0.05, 0.1) is 23.7 Å². The van der Waals surface area contributed by atoms with Crippen LogP contribution in [0.4, 0.5) is 0 Å². The molecule has 4 rings (SSSR count). The number of aliphatic hydroxyl groups excluding tert-OH is 1. The first-order valence-electron chi connectivity index (χ1n) is 12.6. The fourth-order valence-corrected chi connectivity index (χ4v) is 4.84. The van der Waals surface area contributed by atoms with E-state index in [0.717, 1.165) is 53.7 Å². The van der Waals surface area contributed by atoms with Crippen molar-refractivity contribution >= 4 is 17.0 Å². The number of ether oxygens (including phenoxy) is 2. The molecule has 9 heteroatoms. The maximum atomic E-state index is 12.7. The minimum absolute atomic E-state index is 0.0363. The Hall–Kier alpha value is -3.01. The molecule has 1 aromatic carbocycles. The van der Waals surface area contributed by atoms with E-state index in [4.69, 9.17) is 14.5 Å². The summed E-state index contributed by atoms with van der Waals surface area (Å²) in [6.45, 7) is 4.90. The smallest absolute Gasteiger partial charge is 0.326 e. The summed E-state index contributed by atoms with van der Waals surface area (Å²) in [6.07, 6.45) is 4.79. The molecule has 0 unspecified atom stereocenters. The molecular formula is C27H36N4O5. The first-order valence-corrected chi connectivity index (χ1v) is 12.6. The van der Waals surface area contributed by atoms with E-state index >= 15 is 0 Å². The summed E-state index contributed by atoms with van der Waals surface area (Å²) in [4.78, 5) is 29.8. The zero-order chi connectivity index (χ0) is 25.8. The summed E-state index contributed by atoms with van der Waals surface area (Å²) < 4.78 is 14.6. The van der Waals surface area contributed by atoms with Gasteiger partial charge in [0, 0.05) is 44.6 Å². The van der Waals surface area contributed by atoms with Crippen LogP contribution in [-0.2, 0) is 34.4 Å². The van der Waals surface area contributed by atoms with Crippen molar-refractivity contribution in [3.05, 3.63) is 51.9 Å². The number of hydrogen-bond donors (Lipinski definition) is 2. The zero-order valence-electron chi connectivity index (χ0n) is 21.5. The van der Waals surface area contributed by atoms with E-state index in [1.165, 1.54) is 0 Å². The molecule has 2 atom stereocenters. The predicted octanol–water partition coefficient (Wildman–Crippen LogP) is 2.68. The van der Waals surface area contributed by atoms with E-state index in [2.05, 4.69) is 9.88 Å². The fourth-order valence-electron chi connectivity index (χ4n) is 4.84. The second-order valence-electron chi connectivity index (χ2n) is 9.67. The average molecular weight is 497 g/mol. The van der Waals surface area contributed by atoms with Crippen LogP contribution in [0, 0.1) is 6.92 Å². The van der Waals surface area contributed by atoms with Gasteiger partial charge in [-0.1, -0.05) is 6.07 Å². The van der Waals surface area contributed by atoms with E-state index in [1.807, 2.05) is 24.3 Å². The Kier molecular flexibility index (Phi) is 8.23. The lowest BCUT2D eigenvalue weighted by atomic mass is 10.1. The van der Waals surface area contributed by atoms with Crippen molar-refractivity contribution in [1.82, 2.24) is 19.4 Å². The number of fused-ring (bicyclic) bond motifs is 1. The number of methoxy groups -OCH3 is 1. The number of aliphatic hydroxyl groups is 1. The average Bonchev–Trinajstić information content (AvgIpc) is 3.48. The van der Waals surface area contributed by atoms with Gasteiger partial charge in [-0.05, 0) is 63.3 Å². The molecule has 0 amide bonds. The number of rotatable bonds is 10. The molecule has 3 aromatic rings. The van der Waals surface area contributed by atoms with Gasteiger partial charge in [0.15, 0.2) is 0 Å². The SMILES string of the molecule is COCCn1c(-c2cc(C)c(=O)n(C)c2)nc2cc(CN[C@H](C(=O)OC3CCCC3)[C@@H](C)O)ccc21. The third-order valence-corrected chi connectivity index (χ3v) is 6.80. The van der Waals surface area contributed by atoms with Gasteiger partial charge < -0.3 is 23.7 Å². The monoisotopic (exact) mass is 496 g/mol. The Morgan fingerprint density at radius 1 is 1.28 bits per heavy atom. The summed E-state index contributed by atoms with van der Waals surface area (Å²) in [5, 5.41) is 13.4. The molecule has 0 aliphatic heterocycles. The van der Waals surface area contributed by atoms with Gasteiger partial charge in [0.2, 0.25) is 0 Å². The second kappa shape index (κ2) is 11.4. The lowest BCUT2D eigenvalue weighted by Crippen LogP contribution is -2.46. The highest BCUT2D eigenvalue weighted by Gasteiger charge is 2.28. The summed E-state index contributed by atoms with van der Waals surface area (Å²) in [7, 11) is 3.40. The van der Waals surface area contributed by atoms with Crippen molar-refractivity contribution in [1.29, 1.82) is 0 Å². The number of aryl methyl sites for hydroxylation is 2. The van der Waals surface area contributed by atoms with Crippen molar-refractivity contribution in [3.63, 3.8) is 0 Å². The van der Waals surface area contributed by atoms with E-state index in [-0.39, 0.29) is 11.7 Å². The van der Waals surface area contributed by atoms with Gasteiger partial charge in [0.1, 0.15) is 18.0 Å².